The van der Waals surface area contributed by atoms with Crippen molar-refractivity contribution in [2.24, 2.45) is 17.6 Å². The summed E-state index contributed by atoms with van der Waals surface area (Å²) in [5.41, 5.74) is 5.80. The van der Waals surface area contributed by atoms with Gasteiger partial charge in [-0.15, -0.1) is 0 Å². The Morgan fingerprint density at radius 1 is 1.28 bits per heavy atom. The predicted octanol–water partition coefficient (Wildman–Crippen LogP) is 1.95. The summed E-state index contributed by atoms with van der Waals surface area (Å²) in [7, 11) is 0. The van der Waals surface area contributed by atoms with E-state index in [2.05, 4.69) is 12.2 Å². The second kappa shape index (κ2) is 6.41. The van der Waals surface area contributed by atoms with Gasteiger partial charge in [0, 0.05) is 19.1 Å². The van der Waals surface area contributed by atoms with Crippen LogP contribution in [0.25, 0.3) is 0 Å². The summed E-state index contributed by atoms with van der Waals surface area (Å²) in [5.74, 6) is 1.12. The van der Waals surface area contributed by atoms with Gasteiger partial charge in [0.2, 0.25) is 0 Å². The summed E-state index contributed by atoms with van der Waals surface area (Å²) < 4.78 is 0. The van der Waals surface area contributed by atoms with Gasteiger partial charge < -0.3 is 16.0 Å². The van der Waals surface area contributed by atoms with Gasteiger partial charge in [-0.3, -0.25) is 0 Å². The minimum absolute atomic E-state index is 0.131. The molecule has 4 nitrogen and oxygen atoms in total. The largest absolute Gasteiger partial charge is 0.335 e. The Morgan fingerprint density at radius 2 is 2.06 bits per heavy atom. The van der Waals surface area contributed by atoms with E-state index in [1.165, 1.54) is 19.3 Å². The zero-order valence-electron chi connectivity index (χ0n) is 11.5. The molecular formula is C14H27N3O. The maximum atomic E-state index is 12.2. The van der Waals surface area contributed by atoms with E-state index in [0.717, 1.165) is 32.4 Å². The predicted molar refractivity (Wildman–Crippen MR) is 73.3 cm³/mol. The molecule has 2 rings (SSSR count). The summed E-state index contributed by atoms with van der Waals surface area (Å²) >= 11 is 0. The number of rotatable bonds is 2. The van der Waals surface area contributed by atoms with Crippen LogP contribution in [0.4, 0.5) is 4.79 Å². The van der Waals surface area contributed by atoms with Crippen LogP contribution in [-0.4, -0.2) is 36.6 Å². The molecule has 18 heavy (non-hydrogen) atoms. The van der Waals surface area contributed by atoms with E-state index in [9.17, 15) is 4.79 Å². The summed E-state index contributed by atoms with van der Waals surface area (Å²) in [5, 5.41) is 3.22. The smallest absolute Gasteiger partial charge is 0.317 e. The normalized spacial score (nSPS) is 33.2. The first-order valence-corrected chi connectivity index (χ1v) is 7.46. The first kappa shape index (κ1) is 13.7. The average Bonchev–Trinajstić information content (AvgIpc) is 2.39. The van der Waals surface area contributed by atoms with Crippen LogP contribution >= 0.6 is 0 Å². The molecule has 0 radical (unpaired) electrons. The fraction of sp³-hybridized carbons (Fsp3) is 0.929. The molecule has 1 saturated heterocycles. The molecule has 0 spiro atoms. The van der Waals surface area contributed by atoms with Crippen LogP contribution in [0.15, 0.2) is 0 Å². The number of hydrogen-bond donors (Lipinski definition) is 2. The van der Waals surface area contributed by atoms with Crippen LogP contribution in [0.5, 0.6) is 0 Å². The van der Waals surface area contributed by atoms with Crippen molar-refractivity contribution in [3.8, 4) is 0 Å². The van der Waals surface area contributed by atoms with E-state index in [1.54, 1.807) is 0 Å². The zero-order chi connectivity index (χ0) is 13.0. The molecular weight excluding hydrogens is 226 g/mol. The topological polar surface area (TPSA) is 58.4 Å². The molecule has 3 unspecified atom stereocenters. The van der Waals surface area contributed by atoms with Gasteiger partial charge in [-0.1, -0.05) is 19.8 Å². The minimum Gasteiger partial charge on any atom is -0.335 e. The first-order chi connectivity index (χ1) is 8.70. The van der Waals surface area contributed by atoms with Gasteiger partial charge in [0.1, 0.15) is 0 Å². The van der Waals surface area contributed by atoms with Crippen molar-refractivity contribution < 1.29 is 4.79 Å². The van der Waals surface area contributed by atoms with E-state index in [1.807, 2.05) is 4.90 Å². The van der Waals surface area contributed by atoms with E-state index in [0.29, 0.717) is 24.4 Å². The summed E-state index contributed by atoms with van der Waals surface area (Å²) in [6.45, 7) is 4.74. The zero-order valence-corrected chi connectivity index (χ0v) is 11.5. The SMILES string of the molecule is CC1CCCN(C(=O)NC2CCCCC2CN)C1. The Labute approximate surface area is 110 Å². The second-order valence-corrected chi connectivity index (χ2v) is 6.03. The van der Waals surface area contributed by atoms with Crippen molar-refractivity contribution in [3.05, 3.63) is 0 Å². The highest BCUT2D eigenvalue weighted by atomic mass is 16.2. The molecule has 2 aliphatic rings. The highest BCUT2D eigenvalue weighted by Gasteiger charge is 2.28. The standard InChI is InChI=1S/C14H27N3O/c1-11-5-4-8-17(10-11)14(18)16-13-7-3-2-6-12(13)9-15/h11-13H,2-10,15H2,1H3,(H,16,18). The fourth-order valence-electron chi connectivity index (χ4n) is 3.30. The van der Waals surface area contributed by atoms with Gasteiger partial charge in [-0.05, 0) is 44.1 Å². The van der Waals surface area contributed by atoms with Crippen LogP contribution in [0.3, 0.4) is 0 Å². The van der Waals surface area contributed by atoms with Crippen molar-refractivity contribution in [2.75, 3.05) is 19.6 Å². The van der Waals surface area contributed by atoms with E-state index >= 15 is 0 Å². The third-order valence-corrected chi connectivity index (χ3v) is 4.46. The van der Waals surface area contributed by atoms with Gasteiger partial charge in [-0.2, -0.15) is 0 Å². The molecule has 0 aromatic rings. The number of carbonyl (C=O) groups is 1. The molecule has 1 aliphatic heterocycles. The average molecular weight is 253 g/mol. The Kier molecular flexibility index (Phi) is 4.87. The number of nitrogens with two attached hydrogens (primary N) is 1. The Morgan fingerprint density at radius 3 is 2.78 bits per heavy atom. The highest BCUT2D eigenvalue weighted by molar-refractivity contribution is 5.74. The van der Waals surface area contributed by atoms with Crippen LogP contribution in [-0.2, 0) is 0 Å². The molecule has 0 bridgehead atoms. The van der Waals surface area contributed by atoms with Crippen molar-refractivity contribution in [3.63, 3.8) is 0 Å². The second-order valence-electron chi connectivity index (χ2n) is 6.03. The first-order valence-electron chi connectivity index (χ1n) is 7.46. The molecule has 3 N–H and O–H groups in total. The third kappa shape index (κ3) is 3.37. The molecule has 0 aromatic carbocycles. The molecule has 4 heteroatoms. The summed E-state index contributed by atoms with van der Waals surface area (Å²) in [4.78, 5) is 14.2. The summed E-state index contributed by atoms with van der Waals surface area (Å²) in [6.07, 6.45) is 7.12. The lowest BCUT2D eigenvalue weighted by Gasteiger charge is -2.36. The minimum atomic E-state index is 0.131. The quantitative estimate of drug-likeness (QED) is 0.790. The van der Waals surface area contributed by atoms with Crippen LogP contribution in [0.2, 0.25) is 0 Å². The van der Waals surface area contributed by atoms with Gasteiger partial charge in [-0.25, -0.2) is 4.79 Å². The van der Waals surface area contributed by atoms with Gasteiger partial charge in [0.25, 0.3) is 0 Å². The third-order valence-electron chi connectivity index (χ3n) is 4.46. The maximum Gasteiger partial charge on any atom is 0.317 e. The van der Waals surface area contributed by atoms with Crippen LogP contribution in [0, 0.1) is 11.8 Å². The molecule has 104 valence electrons. The number of hydrogen-bond acceptors (Lipinski definition) is 2. The molecule has 1 aliphatic carbocycles. The lowest BCUT2D eigenvalue weighted by atomic mass is 9.84. The van der Waals surface area contributed by atoms with Crippen LogP contribution in [0.1, 0.15) is 45.4 Å². The Hall–Kier alpha value is -0.770. The van der Waals surface area contributed by atoms with E-state index in [-0.39, 0.29) is 6.03 Å². The molecule has 1 heterocycles. The van der Waals surface area contributed by atoms with Crippen molar-refractivity contribution in [1.29, 1.82) is 0 Å². The van der Waals surface area contributed by atoms with Gasteiger partial charge in [0.15, 0.2) is 0 Å². The number of carbonyl (C=O) groups excluding carboxylic acids is 1. The maximum absolute atomic E-state index is 12.2. The number of nitrogens with one attached hydrogen (secondary N) is 1. The van der Waals surface area contributed by atoms with E-state index in [4.69, 9.17) is 5.73 Å². The highest BCUT2D eigenvalue weighted by Crippen LogP contribution is 2.24. The lowest BCUT2D eigenvalue weighted by Crippen LogP contribution is -2.52. The van der Waals surface area contributed by atoms with Gasteiger partial charge >= 0.3 is 6.03 Å². The monoisotopic (exact) mass is 253 g/mol. The molecule has 2 amide bonds. The Balaban J connectivity index is 1.85. The number of piperidine rings is 1. The van der Waals surface area contributed by atoms with Crippen molar-refractivity contribution in [1.82, 2.24) is 10.2 Å². The summed E-state index contributed by atoms with van der Waals surface area (Å²) in [6, 6.07) is 0.431. The number of urea groups is 1. The number of nitrogens with zero attached hydrogens (tertiary/aromatic N) is 1. The number of amides is 2. The van der Waals surface area contributed by atoms with Gasteiger partial charge in [0.05, 0.1) is 0 Å². The van der Waals surface area contributed by atoms with Crippen LogP contribution < -0.4 is 11.1 Å². The Bertz CT molecular complexity index is 282. The fourth-order valence-corrected chi connectivity index (χ4v) is 3.30. The molecule has 2 fully saturated rings. The molecule has 0 aromatic heterocycles. The molecule has 3 atom stereocenters. The van der Waals surface area contributed by atoms with Crippen molar-refractivity contribution in [2.45, 2.75) is 51.5 Å². The van der Waals surface area contributed by atoms with Crippen molar-refractivity contribution >= 4 is 6.03 Å². The lowest BCUT2D eigenvalue weighted by molar-refractivity contribution is 0.157. The number of likely N-dealkylation sites (tertiary alicyclic amines) is 1. The molecule has 1 saturated carbocycles. The van der Waals surface area contributed by atoms with E-state index < -0.39 is 0 Å².